The summed E-state index contributed by atoms with van der Waals surface area (Å²) in [6.07, 6.45) is 0. The van der Waals surface area contributed by atoms with Gasteiger partial charge < -0.3 is 5.32 Å². The van der Waals surface area contributed by atoms with E-state index in [-0.39, 0.29) is 11.3 Å². The van der Waals surface area contributed by atoms with Gasteiger partial charge in [0.2, 0.25) is 5.91 Å². The van der Waals surface area contributed by atoms with Crippen LogP contribution in [0.15, 0.2) is 77.6 Å². The van der Waals surface area contributed by atoms with Crippen molar-refractivity contribution in [3.63, 3.8) is 0 Å². The number of rotatable bonds is 4. The van der Waals surface area contributed by atoms with Crippen LogP contribution in [0.3, 0.4) is 0 Å². The lowest BCUT2D eigenvalue weighted by molar-refractivity contribution is -0.116. The number of nitrogens with one attached hydrogen (secondary N) is 1. The van der Waals surface area contributed by atoms with Gasteiger partial charge in [0.05, 0.1) is 10.9 Å². The lowest BCUT2D eigenvalue weighted by atomic mass is 10.1. The van der Waals surface area contributed by atoms with Crippen LogP contribution in [0.4, 0.5) is 17.3 Å². The number of hydrogen-bond donors (Lipinski definition) is 1. The maximum atomic E-state index is 13.2. The van der Waals surface area contributed by atoms with E-state index in [1.54, 1.807) is 13.1 Å². The summed E-state index contributed by atoms with van der Waals surface area (Å²) in [6, 6.07) is 22.9. The first-order chi connectivity index (χ1) is 14.5. The molecule has 30 heavy (non-hydrogen) atoms. The van der Waals surface area contributed by atoms with E-state index in [1.165, 1.54) is 11.8 Å². The maximum Gasteiger partial charge on any atom is 0.224 e. The average Bonchev–Trinajstić information content (AvgIpc) is 2.74. The predicted molar refractivity (Wildman–Crippen MR) is 121 cm³/mol. The number of anilines is 3. The topological polar surface area (TPSA) is 67.2 Å². The summed E-state index contributed by atoms with van der Waals surface area (Å²) in [7, 11) is 1.63. The molecule has 0 aliphatic carbocycles. The van der Waals surface area contributed by atoms with Gasteiger partial charge in [-0.05, 0) is 37.3 Å². The van der Waals surface area contributed by atoms with E-state index < -0.39 is 0 Å². The van der Waals surface area contributed by atoms with E-state index in [1.807, 2.05) is 78.2 Å². The van der Waals surface area contributed by atoms with Gasteiger partial charge >= 0.3 is 0 Å². The van der Waals surface area contributed by atoms with Gasteiger partial charge in [0, 0.05) is 37.1 Å². The zero-order valence-electron chi connectivity index (χ0n) is 17.1. The zero-order valence-corrected chi connectivity index (χ0v) is 17.1. The van der Waals surface area contributed by atoms with Crippen LogP contribution in [-0.2, 0) is 4.79 Å². The van der Waals surface area contributed by atoms with Gasteiger partial charge in [-0.1, -0.05) is 36.4 Å². The molecule has 0 fully saturated rings. The summed E-state index contributed by atoms with van der Waals surface area (Å²) in [6.45, 7) is 3.31. The fourth-order valence-electron chi connectivity index (χ4n) is 3.45. The molecule has 2 heterocycles. The third-order valence-corrected chi connectivity index (χ3v) is 4.95. The van der Waals surface area contributed by atoms with Crippen LogP contribution in [0.1, 0.15) is 12.6 Å². The van der Waals surface area contributed by atoms with Crippen LogP contribution >= 0.6 is 0 Å². The third kappa shape index (κ3) is 3.55. The molecule has 0 unspecified atom stereocenters. The molecule has 6 nitrogen and oxygen atoms in total. The second-order valence-corrected chi connectivity index (χ2v) is 7.12. The molecule has 150 valence electrons. The second kappa shape index (κ2) is 7.83. The Balaban J connectivity index is 2.08. The Kier molecular flexibility index (Phi) is 5.06. The van der Waals surface area contributed by atoms with Crippen molar-refractivity contribution >= 4 is 34.1 Å². The molecule has 4 rings (SSSR count). The van der Waals surface area contributed by atoms with Crippen molar-refractivity contribution in [1.29, 1.82) is 0 Å². The highest BCUT2D eigenvalue weighted by atomic mass is 16.2. The molecule has 0 radical (unpaired) electrons. The molecule has 2 aromatic carbocycles. The summed E-state index contributed by atoms with van der Waals surface area (Å²) in [5, 5.41) is 3.76. The minimum atomic E-state index is -0.203. The maximum absolute atomic E-state index is 13.2. The van der Waals surface area contributed by atoms with Gasteiger partial charge in [0.15, 0.2) is 5.43 Å². The summed E-state index contributed by atoms with van der Waals surface area (Å²) in [4.78, 5) is 31.2. The number of fused-ring (bicyclic) bond motifs is 1. The van der Waals surface area contributed by atoms with Gasteiger partial charge in [-0.3, -0.25) is 19.1 Å². The fourth-order valence-corrected chi connectivity index (χ4v) is 3.45. The SMILES string of the molecule is CC(=O)N(C)c1nc(C)cc2c1c(=O)cc(Nc1ccccc1)n2-c1ccccc1. The van der Waals surface area contributed by atoms with Crippen LogP contribution in [0.5, 0.6) is 0 Å². The van der Waals surface area contributed by atoms with Gasteiger partial charge in [-0.15, -0.1) is 0 Å². The Hall–Kier alpha value is -3.93. The molecule has 0 aliphatic rings. The van der Waals surface area contributed by atoms with E-state index in [2.05, 4.69) is 10.3 Å². The van der Waals surface area contributed by atoms with E-state index in [9.17, 15) is 9.59 Å². The molecular weight excluding hydrogens is 376 g/mol. The Morgan fingerprint density at radius 1 is 1.00 bits per heavy atom. The Bertz CT molecular complexity index is 1280. The Morgan fingerprint density at radius 2 is 1.63 bits per heavy atom. The highest BCUT2D eigenvalue weighted by molar-refractivity contribution is 6.01. The molecule has 0 aliphatic heterocycles. The largest absolute Gasteiger partial charge is 0.341 e. The quantitative estimate of drug-likeness (QED) is 0.553. The Labute approximate surface area is 174 Å². The van der Waals surface area contributed by atoms with E-state index in [0.717, 1.165) is 11.4 Å². The number of aryl methyl sites for hydroxylation is 1. The average molecular weight is 398 g/mol. The number of amides is 1. The number of pyridine rings is 2. The van der Waals surface area contributed by atoms with Crippen molar-refractivity contribution in [2.24, 2.45) is 0 Å². The van der Waals surface area contributed by atoms with Gasteiger partial charge in [0.1, 0.15) is 11.6 Å². The minimum absolute atomic E-state index is 0.188. The minimum Gasteiger partial charge on any atom is -0.341 e. The van der Waals surface area contributed by atoms with Crippen molar-refractivity contribution in [3.05, 3.63) is 88.7 Å². The molecule has 1 amide bonds. The van der Waals surface area contributed by atoms with Crippen molar-refractivity contribution in [2.45, 2.75) is 13.8 Å². The Morgan fingerprint density at radius 3 is 2.27 bits per heavy atom. The third-order valence-electron chi connectivity index (χ3n) is 4.95. The molecule has 4 aromatic rings. The first kappa shape index (κ1) is 19.4. The summed E-state index contributed by atoms with van der Waals surface area (Å²) in [5.74, 6) is 0.803. The van der Waals surface area contributed by atoms with Crippen LogP contribution in [0, 0.1) is 6.92 Å². The van der Waals surface area contributed by atoms with Gasteiger partial charge in [-0.25, -0.2) is 4.98 Å². The smallest absolute Gasteiger partial charge is 0.224 e. The summed E-state index contributed by atoms with van der Waals surface area (Å²) >= 11 is 0. The lowest BCUT2D eigenvalue weighted by Crippen LogP contribution is -2.26. The molecule has 0 spiro atoms. The zero-order chi connectivity index (χ0) is 21.3. The van der Waals surface area contributed by atoms with Gasteiger partial charge in [0.25, 0.3) is 0 Å². The highest BCUT2D eigenvalue weighted by Crippen LogP contribution is 2.29. The molecule has 2 aromatic heterocycles. The first-order valence-corrected chi connectivity index (χ1v) is 9.65. The normalized spacial score (nSPS) is 10.8. The van der Waals surface area contributed by atoms with Crippen molar-refractivity contribution in [1.82, 2.24) is 9.55 Å². The summed E-state index contributed by atoms with van der Waals surface area (Å²) < 4.78 is 1.98. The molecule has 0 saturated carbocycles. The number of benzene rings is 2. The number of hydrogen-bond acceptors (Lipinski definition) is 4. The first-order valence-electron chi connectivity index (χ1n) is 9.65. The lowest BCUT2D eigenvalue weighted by Gasteiger charge is -2.22. The summed E-state index contributed by atoms with van der Waals surface area (Å²) in [5.41, 5.74) is 2.95. The second-order valence-electron chi connectivity index (χ2n) is 7.12. The van der Waals surface area contributed by atoms with Crippen molar-refractivity contribution < 1.29 is 4.79 Å². The molecule has 1 N–H and O–H groups in total. The van der Waals surface area contributed by atoms with Gasteiger partial charge in [-0.2, -0.15) is 0 Å². The van der Waals surface area contributed by atoms with E-state index in [4.69, 9.17) is 0 Å². The molecule has 0 atom stereocenters. The van der Waals surface area contributed by atoms with Crippen molar-refractivity contribution in [2.75, 3.05) is 17.3 Å². The number of nitrogens with zero attached hydrogens (tertiary/aromatic N) is 3. The molecule has 6 heteroatoms. The molecule has 0 bridgehead atoms. The number of para-hydroxylation sites is 2. The number of aromatic nitrogens is 2. The van der Waals surface area contributed by atoms with E-state index >= 15 is 0 Å². The number of carbonyl (C=O) groups excluding carboxylic acids is 1. The fraction of sp³-hybridized carbons (Fsp3) is 0.125. The van der Waals surface area contributed by atoms with E-state index in [0.29, 0.717) is 28.2 Å². The van der Waals surface area contributed by atoms with Crippen molar-refractivity contribution in [3.8, 4) is 5.69 Å². The number of carbonyl (C=O) groups is 1. The van der Waals surface area contributed by atoms with Crippen LogP contribution < -0.4 is 15.6 Å². The van der Waals surface area contributed by atoms with Crippen LogP contribution in [0.2, 0.25) is 0 Å². The predicted octanol–water partition coefficient (Wildman–Crippen LogP) is 4.42. The molecule has 0 saturated heterocycles. The molecular formula is C24H22N4O2. The highest BCUT2D eigenvalue weighted by Gasteiger charge is 2.19. The monoisotopic (exact) mass is 398 g/mol. The standard InChI is InChI=1S/C24H22N4O2/c1-16-14-20-23(24(25-16)27(3)17(2)29)21(30)15-22(26-18-10-6-4-7-11-18)28(20)19-12-8-5-9-13-19/h4-15,26H,1-3H3. The van der Waals surface area contributed by atoms with Crippen LogP contribution in [-0.4, -0.2) is 22.5 Å². The van der Waals surface area contributed by atoms with Crippen LogP contribution in [0.25, 0.3) is 16.6 Å².